The van der Waals surface area contributed by atoms with Crippen molar-refractivity contribution >= 4 is 11.0 Å². The van der Waals surface area contributed by atoms with Crippen LogP contribution in [0.5, 0.6) is 0 Å². The Hall–Kier alpha value is -4.08. The summed E-state index contributed by atoms with van der Waals surface area (Å²) in [5, 5.41) is 0. The average Bonchev–Trinajstić information content (AvgIpc) is 3.67. The first kappa shape index (κ1) is 25.9. The molecule has 0 spiro atoms. The number of rotatable bonds is 7. The van der Waals surface area contributed by atoms with E-state index in [4.69, 9.17) is 18.9 Å². The van der Waals surface area contributed by atoms with Gasteiger partial charge in [0.15, 0.2) is 5.79 Å². The number of H-pyrrole nitrogens is 2. The minimum Gasteiger partial charge on any atom is -0.362 e. The van der Waals surface area contributed by atoms with E-state index in [9.17, 15) is 4.79 Å². The molecule has 2 fully saturated rings. The number of hydrogen-bond acceptors (Lipinski definition) is 6. The van der Waals surface area contributed by atoms with Gasteiger partial charge in [-0.1, -0.05) is 91.0 Å². The molecule has 8 heteroatoms. The molecule has 0 bridgehead atoms. The summed E-state index contributed by atoms with van der Waals surface area (Å²) in [4.78, 5) is 22.5. The van der Waals surface area contributed by atoms with Crippen LogP contribution in [-0.4, -0.2) is 45.7 Å². The third-order valence-corrected chi connectivity index (χ3v) is 7.96. The monoisotopic (exact) mass is 549 g/mol. The first-order valence-corrected chi connectivity index (χ1v) is 13.8. The number of benzene rings is 3. The predicted molar refractivity (Wildman–Crippen MR) is 153 cm³/mol. The second-order valence-electron chi connectivity index (χ2n) is 10.9. The van der Waals surface area contributed by atoms with Crippen molar-refractivity contribution < 1.29 is 18.9 Å². The summed E-state index contributed by atoms with van der Waals surface area (Å²) >= 11 is 0. The maximum Gasteiger partial charge on any atom is 0.275 e. The lowest BCUT2D eigenvalue weighted by Crippen LogP contribution is -2.39. The third-order valence-electron chi connectivity index (χ3n) is 7.96. The van der Waals surface area contributed by atoms with Gasteiger partial charge in [0, 0.05) is 11.8 Å². The van der Waals surface area contributed by atoms with E-state index in [1.165, 1.54) is 6.33 Å². The molecule has 2 aliphatic heterocycles. The summed E-state index contributed by atoms with van der Waals surface area (Å²) < 4.78 is 26.5. The number of hydrogen-bond donors (Lipinski definition) is 2. The summed E-state index contributed by atoms with van der Waals surface area (Å²) in [6.45, 7) is 4.04. The van der Waals surface area contributed by atoms with Crippen LogP contribution >= 0.6 is 0 Å². The van der Waals surface area contributed by atoms with Crippen LogP contribution in [0.25, 0.3) is 11.0 Å². The number of aromatic amines is 2. The Labute approximate surface area is 237 Å². The van der Waals surface area contributed by atoms with Crippen molar-refractivity contribution in [2.75, 3.05) is 6.61 Å². The molecule has 8 nitrogen and oxygen atoms in total. The number of nitrogens with zero attached hydrogens (tertiary/aromatic N) is 1. The second kappa shape index (κ2) is 10.1. The van der Waals surface area contributed by atoms with Gasteiger partial charge in [-0.2, -0.15) is 0 Å². The van der Waals surface area contributed by atoms with Gasteiger partial charge in [-0.3, -0.25) is 4.79 Å². The van der Waals surface area contributed by atoms with Gasteiger partial charge in [0.2, 0.25) is 0 Å². The van der Waals surface area contributed by atoms with Crippen LogP contribution < -0.4 is 5.56 Å². The van der Waals surface area contributed by atoms with Gasteiger partial charge in [0.25, 0.3) is 5.56 Å². The lowest BCUT2D eigenvalue weighted by atomic mass is 9.80. The summed E-state index contributed by atoms with van der Waals surface area (Å²) in [5.41, 5.74) is 3.60. The number of fused-ring (bicyclic) bond motifs is 2. The molecule has 2 N–H and O–H groups in total. The van der Waals surface area contributed by atoms with Crippen molar-refractivity contribution in [1.29, 1.82) is 0 Å². The van der Waals surface area contributed by atoms with E-state index < -0.39 is 29.7 Å². The molecule has 0 radical (unpaired) electrons. The lowest BCUT2D eigenvalue weighted by Gasteiger charge is -2.37. The van der Waals surface area contributed by atoms with Crippen molar-refractivity contribution in [1.82, 2.24) is 15.0 Å². The zero-order valence-corrected chi connectivity index (χ0v) is 22.8. The van der Waals surface area contributed by atoms with Gasteiger partial charge < -0.3 is 28.9 Å². The molecular formula is C33H31N3O5. The largest absolute Gasteiger partial charge is 0.362 e. The Morgan fingerprint density at radius 3 is 1.98 bits per heavy atom. The molecule has 2 aliphatic rings. The van der Waals surface area contributed by atoms with E-state index in [1.807, 2.05) is 68.4 Å². The van der Waals surface area contributed by atoms with Gasteiger partial charge in [-0.05, 0) is 30.5 Å². The summed E-state index contributed by atoms with van der Waals surface area (Å²) in [7, 11) is 0. The SMILES string of the molecule is CC1(C)O[C@@H]2[C@H](O1)[C@@H](COC(c1ccccc1)(c1ccccc1)c1ccccc1)O[C@@H]2c1c[nH]c2c(=O)[nH]cnc12. The molecule has 41 heavy (non-hydrogen) atoms. The van der Waals surface area contributed by atoms with Crippen LogP contribution in [-0.2, 0) is 24.5 Å². The van der Waals surface area contributed by atoms with Crippen molar-refractivity contribution in [3.63, 3.8) is 0 Å². The molecule has 0 unspecified atom stereocenters. The summed E-state index contributed by atoms with van der Waals surface area (Å²) in [6.07, 6.45) is 1.43. The first-order chi connectivity index (χ1) is 20.0. The highest BCUT2D eigenvalue weighted by atomic mass is 16.8. The Bertz CT molecular complexity index is 1600. The van der Waals surface area contributed by atoms with Crippen LogP contribution in [0, 0.1) is 0 Å². The smallest absolute Gasteiger partial charge is 0.275 e. The lowest BCUT2D eigenvalue weighted by molar-refractivity contribution is -0.196. The van der Waals surface area contributed by atoms with Crippen molar-refractivity contribution in [2.45, 2.75) is 49.7 Å². The van der Waals surface area contributed by atoms with E-state index in [0.29, 0.717) is 11.0 Å². The van der Waals surface area contributed by atoms with Crippen molar-refractivity contribution in [3.05, 3.63) is 136 Å². The minimum atomic E-state index is -0.897. The maximum absolute atomic E-state index is 12.4. The first-order valence-electron chi connectivity index (χ1n) is 13.8. The molecule has 7 rings (SSSR count). The standard InChI is InChI=1S/C33H31N3O5/c1-32(2)40-29-25(39-28(30(29)41-32)24-18-34-27-26(24)35-20-36-31(27)37)19-38-33(21-12-6-3-7-13-21,22-14-8-4-9-15-22)23-16-10-5-11-17-23/h3-18,20,25,28-30,34H,19H2,1-2H3,(H,35,36,37)/t25-,28-,29-,30+/m1/s1. The molecule has 0 amide bonds. The average molecular weight is 550 g/mol. The fourth-order valence-corrected chi connectivity index (χ4v) is 6.23. The van der Waals surface area contributed by atoms with Crippen LogP contribution in [0.4, 0.5) is 0 Å². The zero-order chi connectivity index (χ0) is 28.0. The molecule has 208 valence electrons. The molecule has 3 aromatic carbocycles. The number of aromatic nitrogens is 3. The molecule has 0 saturated carbocycles. The van der Waals surface area contributed by atoms with E-state index in [1.54, 1.807) is 6.20 Å². The number of ether oxygens (including phenoxy) is 4. The Balaban J connectivity index is 1.29. The van der Waals surface area contributed by atoms with Gasteiger partial charge in [-0.25, -0.2) is 4.98 Å². The third kappa shape index (κ3) is 4.40. The van der Waals surface area contributed by atoms with Crippen LogP contribution in [0.1, 0.15) is 42.2 Å². The highest BCUT2D eigenvalue weighted by Crippen LogP contribution is 2.48. The Morgan fingerprint density at radius 1 is 0.829 bits per heavy atom. The van der Waals surface area contributed by atoms with Crippen molar-refractivity contribution in [2.24, 2.45) is 0 Å². The van der Waals surface area contributed by atoms with Gasteiger partial charge >= 0.3 is 0 Å². The highest BCUT2D eigenvalue weighted by molar-refractivity contribution is 5.78. The van der Waals surface area contributed by atoms with E-state index in [0.717, 1.165) is 22.3 Å². The topological polar surface area (TPSA) is 98.5 Å². The maximum atomic E-state index is 12.4. The number of nitrogens with one attached hydrogen (secondary N) is 2. The predicted octanol–water partition coefficient (Wildman–Crippen LogP) is 5.22. The van der Waals surface area contributed by atoms with E-state index in [-0.39, 0.29) is 18.3 Å². The fourth-order valence-electron chi connectivity index (χ4n) is 6.23. The molecule has 4 atom stereocenters. The molecule has 5 aromatic rings. The summed E-state index contributed by atoms with van der Waals surface area (Å²) in [6, 6.07) is 30.7. The van der Waals surface area contributed by atoms with E-state index in [2.05, 4.69) is 51.4 Å². The Morgan fingerprint density at radius 2 is 1.39 bits per heavy atom. The van der Waals surface area contributed by atoms with Crippen LogP contribution in [0.15, 0.2) is 108 Å². The molecule has 2 saturated heterocycles. The van der Waals surface area contributed by atoms with Crippen LogP contribution in [0.2, 0.25) is 0 Å². The molecule has 0 aliphatic carbocycles. The van der Waals surface area contributed by atoms with Crippen LogP contribution in [0.3, 0.4) is 0 Å². The van der Waals surface area contributed by atoms with Gasteiger partial charge in [0.05, 0.1) is 12.9 Å². The van der Waals surface area contributed by atoms with Crippen molar-refractivity contribution in [3.8, 4) is 0 Å². The fraction of sp³-hybridized carbons (Fsp3) is 0.273. The summed E-state index contributed by atoms with van der Waals surface area (Å²) in [5.74, 6) is -0.804. The van der Waals surface area contributed by atoms with Gasteiger partial charge in [0.1, 0.15) is 41.1 Å². The highest BCUT2D eigenvalue weighted by Gasteiger charge is 2.56. The quantitative estimate of drug-likeness (QED) is 0.270. The van der Waals surface area contributed by atoms with E-state index >= 15 is 0 Å². The Kier molecular flexibility index (Phi) is 6.36. The van der Waals surface area contributed by atoms with Gasteiger partial charge in [-0.15, -0.1) is 0 Å². The molecule has 2 aromatic heterocycles. The second-order valence-corrected chi connectivity index (χ2v) is 10.9. The molecular weight excluding hydrogens is 518 g/mol. The zero-order valence-electron chi connectivity index (χ0n) is 22.8. The minimum absolute atomic E-state index is 0.228. The molecule has 4 heterocycles. The normalized spacial score (nSPS) is 23.6.